The molecule has 4 rings (SSSR count). The van der Waals surface area contributed by atoms with E-state index >= 15 is 0 Å². The number of primary amides is 1. The van der Waals surface area contributed by atoms with Crippen molar-refractivity contribution in [2.24, 2.45) is 11.1 Å². The molecule has 0 bridgehead atoms. The second kappa shape index (κ2) is 15.4. The van der Waals surface area contributed by atoms with Gasteiger partial charge in [-0.2, -0.15) is 0 Å². The van der Waals surface area contributed by atoms with E-state index in [1.54, 1.807) is 11.8 Å². The minimum Gasteiger partial charge on any atom is -0.491 e. The van der Waals surface area contributed by atoms with Gasteiger partial charge in [0.2, 0.25) is 24.0 Å². The maximum atomic E-state index is 14.3. The first kappa shape index (κ1) is 34.7. The van der Waals surface area contributed by atoms with Gasteiger partial charge in [0.1, 0.15) is 31.0 Å². The fraction of sp³-hybridized carbons (Fsp3) is 0.529. The van der Waals surface area contributed by atoms with E-state index in [2.05, 4.69) is 22.8 Å². The zero-order valence-electron chi connectivity index (χ0n) is 27.3. The topological polar surface area (TPSA) is 159 Å². The molecule has 0 aromatic heterocycles. The van der Waals surface area contributed by atoms with Crippen molar-refractivity contribution in [3.8, 4) is 5.75 Å². The molecule has 2 aliphatic rings. The lowest BCUT2D eigenvalue weighted by Gasteiger charge is -2.41. The molecule has 1 unspecified atom stereocenters. The van der Waals surface area contributed by atoms with Crippen LogP contribution < -0.4 is 21.1 Å². The first-order chi connectivity index (χ1) is 21.9. The van der Waals surface area contributed by atoms with Crippen molar-refractivity contribution in [3.05, 3.63) is 64.7 Å². The van der Waals surface area contributed by atoms with Crippen LogP contribution in [0, 0.1) is 5.41 Å². The summed E-state index contributed by atoms with van der Waals surface area (Å²) in [4.78, 5) is 53.5. The number of amides is 4. The Kier molecular flexibility index (Phi) is 11.6. The smallest absolute Gasteiger partial charge is 0.406 e. The van der Waals surface area contributed by atoms with E-state index < -0.39 is 35.8 Å². The molecule has 1 heterocycles. The van der Waals surface area contributed by atoms with Gasteiger partial charge >= 0.3 is 6.09 Å². The summed E-state index contributed by atoms with van der Waals surface area (Å²) in [5, 5.41) is 6.08. The molecule has 250 valence electrons. The molecular weight excluding hydrogens is 592 g/mol. The Bertz CT molecular complexity index is 1410. The molecule has 2 aromatic carbocycles. The molecule has 12 nitrogen and oxygen atoms in total. The van der Waals surface area contributed by atoms with Crippen molar-refractivity contribution in [2.75, 3.05) is 26.9 Å². The maximum absolute atomic E-state index is 14.3. The number of aryl methyl sites for hydroxylation is 1. The van der Waals surface area contributed by atoms with Gasteiger partial charge in [-0.1, -0.05) is 51.1 Å². The average molecular weight is 639 g/mol. The Morgan fingerprint density at radius 2 is 1.80 bits per heavy atom. The third-order valence-electron chi connectivity index (χ3n) is 8.26. The summed E-state index contributed by atoms with van der Waals surface area (Å²) in [7, 11) is 1.42. The van der Waals surface area contributed by atoms with E-state index in [9.17, 15) is 19.2 Å². The van der Waals surface area contributed by atoms with E-state index in [1.165, 1.54) is 12.7 Å². The largest absolute Gasteiger partial charge is 0.491 e. The molecule has 12 heteroatoms. The number of fused-ring (bicyclic) bond motifs is 2. The normalized spacial score (nSPS) is 18.8. The highest BCUT2D eigenvalue weighted by atomic mass is 16.7. The lowest BCUT2D eigenvalue weighted by Crippen LogP contribution is -2.61. The molecular formula is C34H46N4O8. The molecule has 4 amide bonds. The first-order valence-electron chi connectivity index (χ1n) is 15.7. The van der Waals surface area contributed by atoms with Gasteiger partial charge in [0.05, 0.1) is 12.6 Å². The Hall–Kier alpha value is -4.16. The summed E-state index contributed by atoms with van der Waals surface area (Å²) in [6.45, 7) is 7.46. The van der Waals surface area contributed by atoms with E-state index in [-0.39, 0.29) is 44.2 Å². The Morgan fingerprint density at radius 3 is 2.52 bits per heavy atom. The zero-order valence-corrected chi connectivity index (χ0v) is 27.3. The van der Waals surface area contributed by atoms with Crippen LogP contribution in [0.3, 0.4) is 0 Å². The number of methoxy groups -OCH3 is 1. The van der Waals surface area contributed by atoms with Crippen LogP contribution in [0.15, 0.2) is 42.5 Å². The van der Waals surface area contributed by atoms with Crippen LogP contribution in [-0.2, 0) is 48.0 Å². The van der Waals surface area contributed by atoms with Gasteiger partial charge in [-0.3, -0.25) is 14.4 Å². The number of hydrogen-bond acceptors (Lipinski definition) is 8. The number of hydrogen-bond donors (Lipinski definition) is 3. The molecule has 1 aliphatic carbocycles. The lowest BCUT2D eigenvalue weighted by atomic mass is 9.84. The van der Waals surface area contributed by atoms with Crippen molar-refractivity contribution in [1.29, 1.82) is 0 Å². The monoisotopic (exact) mass is 638 g/mol. The minimum atomic E-state index is -0.926. The Labute approximate surface area is 270 Å². The van der Waals surface area contributed by atoms with Gasteiger partial charge in [0.25, 0.3) is 0 Å². The number of nitrogens with one attached hydrogen (secondary N) is 2. The highest BCUT2D eigenvalue weighted by Gasteiger charge is 2.42. The number of benzene rings is 2. The Balaban J connectivity index is 1.57. The zero-order chi connectivity index (χ0) is 33.4. The van der Waals surface area contributed by atoms with Crippen LogP contribution in [0.5, 0.6) is 5.75 Å². The van der Waals surface area contributed by atoms with Crippen LogP contribution in [0.4, 0.5) is 4.79 Å². The number of nitrogens with zero attached hydrogens (tertiary/aromatic N) is 1. The SMILES string of the molecule is COCC(=O)N[C@H](C(=O)N1Cc2cc(OCCOC(C)OC(N)=O)ccc2C[C@H]1C(=O)N[C@@H]1CCCc2ccccc21)C(C)(C)C. The average Bonchev–Trinajstić information content (AvgIpc) is 3.00. The summed E-state index contributed by atoms with van der Waals surface area (Å²) in [5.74, 6) is -0.446. The molecule has 4 atom stereocenters. The number of rotatable bonds is 12. The summed E-state index contributed by atoms with van der Waals surface area (Å²) in [6, 6.07) is 11.9. The van der Waals surface area contributed by atoms with E-state index in [1.807, 2.05) is 51.1 Å². The van der Waals surface area contributed by atoms with Crippen LogP contribution in [0.25, 0.3) is 0 Å². The van der Waals surface area contributed by atoms with Crippen molar-refractivity contribution >= 4 is 23.8 Å². The number of ether oxygens (including phenoxy) is 4. The summed E-state index contributed by atoms with van der Waals surface area (Å²) < 4.78 is 21.0. The quantitative estimate of drug-likeness (QED) is 0.236. The third-order valence-corrected chi connectivity index (χ3v) is 8.26. The second-order valence-corrected chi connectivity index (χ2v) is 12.8. The molecule has 0 fully saturated rings. The molecule has 0 saturated heterocycles. The molecule has 46 heavy (non-hydrogen) atoms. The van der Waals surface area contributed by atoms with Crippen molar-refractivity contribution in [1.82, 2.24) is 15.5 Å². The van der Waals surface area contributed by atoms with Crippen molar-refractivity contribution in [3.63, 3.8) is 0 Å². The number of nitrogens with two attached hydrogens (primary N) is 1. The highest BCUT2D eigenvalue weighted by Crippen LogP contribution is 2.33. The summed E-state index contributed by atoms with van der Waals surface area (Å²) in [6.07, 6.45) is 1.31. The van der Waals surface area contributed by atoms with Crippen LogP contribution in [-0.4, -0.2) is 74.0 Å². The Morgan fingerprint density at radius 1 is 1.04 bits per heavy atom. The highest BCUT2D eigenvalue weighted by molar-refractivity contribution is 5.93. The predicted molar refractivity (Wildman–Crippen MR) is 170 cm³/mol. The summed E-state index contributed by atoms with van der Waals surface area (Å²) in [5.41, 5.74) is 8.45. The maximum Gasteiger partial charge on any atom is 0.406 e. The van der Waals surface area contributed by atoms with Gasteiger partial charge in [-0.15, -0.1) is 0 Å². The molecule has 0 spiro atoms. The predicted octanol–water partition coefficient (Wildman–Crippen LogP) is 3.15. The van der Waals surface area contributed by atoms with E-state index in [0.717, 1.165) is 36.0 Å². The summed E-state index contributed by atoms with van der Waals surface area (Å²) >= 11 is 0. The van der Waals surface area contributed by atoms with Gasteiger partial charge in [-0.25, -0.2) is 4.79 Å². The fourth-order valence-electron chi connectivity index (χ4n) is 6.01. The first-order valence-corrected chi connectivity index (χ1v) is 15.7. The number of carbonyl (C=O) groups is 4. The molecule has 0 saturated carbocycles. The van der Waals surface area contributed by atoms with Gasteiger partial charge in [0, 0.05) is 20.1 Å². The molecule has 2 aromatic rings. The van der Waals surface area contributed by atoms with Crippen LogP contribution in [0.2, 0.25) is 0 Å². The standard InChI is InChI=1S/C34H46N4O8/c1-21(46-33(35)42)44-15-16-45-25-14-13-23-18-28(31(40)36-27-12-8-10-22-9-6-7-11-26(22)27)38(19-24(23)17-25)32(41)30(34(2,3)4)37-29(39)20-43-5/h6-7,9,11,13-14,17,21,27-28,30H,8,10,12,15-16,18-20H2,1-5H3,(H2,35,42)(H,36,40)(H,37,39)/t21?,27-,28+,30-/m1/s1. The van der Waals surface area contributed by atoms with Crippen LogP contribution in [0.1, 0.15) is 68.8 Å². The molecule has 0 radical (unpaired) electrons. The van der Waals surface area contributed by atoms with Gasteiger partial charge in [-0.05, 0) is 66.0 Å². The second-order valence-electron chi connectivity index (χ2n) is 12.8. The fourth-order valence-corrected chi connectivity index (χ4v) is 6.01. The van der Waals surface area contributed by atoms with Gasteiger partial charge < -0.3 is 40.2 Å². The van der Waals surface area contributed by atoms with E-state index in [4.69, 9.17) is 24.7 Å². The molecule has 1 aliphatic heterocycles. The third kappa shape index (κ3) is 8.97. The number of carbonyl (C=O) groups excluding carboxylic acids is 4. The van der Waals surface area contributed by atoms with Crippen LogP contribution >= 0.6 is 0 Å². The van der Waals surface area contributed by atoms with E-state index in [0.29, 0.717) is 12.2 Å². The van der Waals surface area contributed by atoms with Gasteiger partial charge in [0.15, 0.2) is 0 Å². The minimum absolute atomic E-state index is 0.148. The van der Waals surface area contributed by atoms with Crippen molar-refractivity contribution in [2.45, 2.75) is 84.3 Å². The molecule has 4 N–H and O–H groups in total. The van der Waals surface area contributed by atoms with Crippen molar-refractivity contribution < 1.29 is 38.1 Å². The lowest BCUT2D eigenvalue weighted by molar-refractivity contribution is -0.147.